The molecule has 0 atom stereocenters. The van der Waals surface area contributed by atoms with Crippen LogP contribution in [0.1, 0.15) is 17.5 Å². The van der Waals surface area contributed by atoms with Crippen molar-refractivity contribution in [3.63, 3.8) is 0 Å². The summed E-state index contributed by atoms with van der Waals surface area (Å²) >= 11 is 0. The fraction of sp³-hybridized carbons (Fsp3) is 0.643. The molecule has 4 heteroatoms. The molecule has 0 aliphatic carbocycles. The molecule has 0 aliphatic rings. The van der Waals surface area contributed by atoms with Crippen LogP contribution in [0, 0.1) is 6.92 Å². The summed E-state index contributed by atoms with van der Waals surface area (Å²) in [6.45, 7) is 5.15. The normalized spacial score (nSPS) is 11.0. The van der Waals surface area contributed by atoms with E-state index in [1.165, 1.54) is 11.1 Å². The maximum Gasteiger partial charge on any atom is 0.131 e. The Balaban J connectivity index is 2.59. The molecule has 0 saturated heterocycles. The van der Waals surface area contributed by atoms with Crippen LogP contribution in [0.2, 0.25) is 0 Å². The second-order valence-corrected chi connectivity index (χ2v) is 5.09. The molecule has 0 fully saturated rings. The van der Waals surface area contributed by atoms with Gasteiger partial charge in [-0.2, -0.15) is 0 Å². The summed E-state index contributed by atoms with van der Waals surface area (Å²) in [5, 5.41) is 3.15. The van der Waals surface area contributed by atoms with Crippen LogP contribution in [0.15, 0.2) is 12.3 Å². The zero-order valence-electron chi connectivity index (χ0n) is 12.3. The largest absolute Gasteiger partial charge is 0.359 e. The summed E-state index contributed by atoms with van der Waals surface area (Å²) in [6, 6.07) is 2.21. The minimum Gasteiger partial charge on any atom is -0.359 e. The lowest BCUT2D eigenvalue weighted by Crippen LogP contribution is -2.24. The second-order valence-electron chi connectivity index (χ2n) is 5.09. The van der Waals surface area contributed by atoms with Crippen LogP contribution >= 0.6 is 0 Å². The van der Waals surface area contributed by atoms with Gasteiger partial charge in [0.05, 0.1) is 0 Å². The van der Waals surface area contributed by atoms with E-state index in [-0.39, 0.29) is 0 Å². The standard InChI is InChI=1S/C14H26N4/c1-12-9-13(10-15-2)11-16-14(12)18(5)8-6-7-17(3)4/h9,11,15H,6-8,10H2,1-5H3. The number of pyridine rings is 1. The van der Waals surface area contributed by atoms with E-state index < -0.39 is 0 Å². The van der Waals surface area contributed by atoms with Gasteiger partial charge in [0.15, 0.2) is 0 Å². The summed E-state index contributed by atoms with van der Waals surface area (Å²) in [4.78, 5) is 9.02. The molecule has 0 aromatic carbocycles. The predicted molar refractivity (Wildman–Crippen MR) is 78.2 cm³/mol. The third-order valence-electron chi connectivity index (χ3n) is 2.95. The monoisotopic (exact) mass is 250 g/mol. The van der Waals surface area contributed by atoms with Gasteiger partial charge in [-0.3, -0.25) is 0 Å². The highest BCUT2D eigenvalue weighted by molar-refractivity contribution is 5.46. The Bertz CT molecular complexity index is 363. The van der Waals surface area contributed by atoms with E-state index in [1.807, 2.05) is 13.2 Å². The summed E-state index contributed by atoms with van der Waals surface area (Å²) in [5.41, 5.74) is 2.48. The van der Waals surface area contributed by atoms with E-state index in [9.17, 15) is 0 Å². The average Bonchev–Trinajstić information content (AvgIpc) is 2.28. The molecule has 0 spiro atoms. The highest BCUT2D eigenvalue weighted by Crippen LogP contribution is 2.16. The Kier molecular flexibility index (Phi) is 6.09. The number of nitrogens with zero attached hydrogens (tertiary/aromatic N) is 3. The molecule has 0 amide bonds. The zero-order valence-corrected chi connectivity index (χ0v) is 12.3. The molecular weight excluding hydrogens is 224 g/mol. The minimum atomic E-state index is 0.873. The Labute approximate surface area is 111 Å². The molecular formula is C14H26N4. The summed E-state index contributed by atoms with van der Waals surface area (Å²) < 4.78 is 0. The third-order valence-corrected chi connectivity index (χ3v) is 2.95. The lowest BCUT2D eigenvalue weighted by molar-refractivity contribution is 0.401. The molecule has 0 saturated carbocycles. The summed E-state index contributed by atoms with van der Waals surface area (Å²) in [5.74, 6) is 1.09. The van der Waals surface area contributed by atoms with Crippen molar-refractivity contribution in [3.8, 4) is 0 Å². The first kappa shape index (κ1) is 14.9. The molecule has 0 bridgehead atoms. The molecule has 102 valence electrons. The third kappa shape index (κ3) is 4.63. The summed E-state index contributed by atoms with van der Waals surface area (Å²) in [7, 11) is 8.28. The second kappa shape index (κ2) is 7.34. The fourth-order valence-corrected chi connectivity index (χ4v) is 2.06. The number of rotatable bonds is 7. The number of aromatic nitrogens is 1. The fourth-order valence-electron chi connectivity index (χ4n) is 2.06. The highest BCUT2D eigenvalue weighted by Gasteiger charge is 2.07. The lowest BCUT2D eigenvalue weighted by Gasteiger charge is -2.21. The molecule has 0 radical (unpaired) electrons. The Morgan fingerprint density at radius 1 is 1.22 bits per heavy atom. The van der Waals surface area contributed by atoms with E-state index in [1.54, 1.807) is 0 Å². The molecule has 1 N–H and O–H groups in total. The van der Waals surface area contributed by atoms with E-state index in [0.717, 1.165) is 31.9 Å². The van der Waals surface area contributed by atoms with Gasteiger partial charge in [-0.1, -0.05) is 0 Å². The van der Waals surface area contributed by atoms with Crippen molar-refractivity contribution < 1.29 is 0 Å². The van der Waals surface area contributed by atoms with Crippen LogP contribution in [0.4, 0.5) is 5.82 Å². The Morgan fingerprint density at radius 3 is 2.50 bits per heavy atom. The van der Waals surface area contributed by atoms with Crippen LogP contribution in [0.25, 0.3) is 0 Å². The van der Waals surface area contributed by atoms with Crippen LogP contribution in [0.5, 0.6) is 0 Å². The van der Waals surface area contributed by atoms with Gasteiger partial charge in [0.2, 0.25) is 0 Å². The molecule has 4 nitrogen and oxygen atoms in total. The van der Waals surface area contributed by atoms with Gasteiger partial charge in [-0.15, -0.1) is 0 Å². The van der Waals surface area contributed by atoms with Crippen molar-refractivity contribution in [2.45, 2.75) is 19.9 Å². The van der Waals surface area contributed by atoms with Gasteiger partial charge in [-0.05, 0) is 58.2 Å². The Morgan fingerprint density at radius 2 is 1.94 bits per heavy atom. The van der Waals surface area contributed by atoms with E-state index in [4.69, 9.17) is 0 Å². The van der Waals surface area contributed by atoms with E-state index in [2.05, 4.69) is 54.2 Å². The maximum atomic E-state index is 4.57. The highest BCUT2D eigenvalue weighted by atomic mass is 15.2. The number of hydrogen-bond acceptors (Lipinski definition) is 4. The first-order valence-corrected chi connectivity index (χ1v) is 6.50. The van der Waals surface area contributed by atoms with Crippen molar-refractivity contribution in [1.82, 2.24) is 15.2 Å². The van der Waals surface area contributed by atoms with Gasteiger partial charge >= 0.3 is 0 Å². The first-order valence-electron chi connectivity index (χ1n) is 6.50. The van der Waals surface area contributed by atoms with Crippen LogP contribution < -0.4 is 10.2 Å². The Hall–Kier alpha value is -1.13. The molecule has 1 heterocycles. The molecule has 1 aromatic rings. The molecule has 1 rings (SSSR count). The SMILES string of the molecule is CNCc1cnc(N(C)CCCN(C)C)c(C)c1. The molecule has 0 unspecified atom stereocenters. The van der Waals surface area contributed by atoms with Crippen molar-refractivity contribution >= 4 is 5.82 Å². The number of anilines is 1. The minimum absolute atomic E-state index is 0.873. The molecule has 1 aromatic heterocycles. The van der Waals surface area contributed by atoms with Crippen LogP contribution in [-0.2, 0) is 6.54 Å². The predicted octanol–water partition coefficient (Wildman–Crippen LogP) is 1.50. The van der Waals surface area contributed by atoms with Crippen molar-refractivity contribution in [3.05, 3.63) is 23.4 Å². The number of hydrogen-bond donors (Lipinski definition) is 1. The van der Waals surface area contributed by atoms with Gasteiger partial charge in [0, 0.05) is 26.3 Å². The van der Waals surface area contributed by atoms with Crippen LogP contribution in [0.3, 0.4) is 0 Å². The zero-order chi connectivity index (χ0) is 13.5. The first-order chi connectivity index (χ1) is 8.54. The molecule has 0 aliphatic heterocycles. The smallest absolute Gasteiger partial charge is 0.131 e. The van der Waals surface area contributed by atoms with Gasteiger partial charge in [-0.25, -0.2) is 4.98 Å². The average molecular weight is 250 g/mol. The maximum absolute atomic E-state index is 4.57. The molecule has 18 heavy (non-hydrogen) atoms. The van der Waals surface area contributed by atoms with Crippen molar-refractivity contribution in [1.29, 1.82) is 0 Å². The van der Waals surface area contributed by atoms with Crippen molar-refractivity contribution in [2.75, 3.05) is 46.2 Å². The number of aryl methyl sites for hydroxylation is 1. The topological polar surface area (TPSA) is 31.4 Å². The lowest BCUT2D eigenvalue weighted by atomic mass is 10.2. The quantitative estimate of drug-likeness (QED) is 0.794. The summed E-state index contributed by atoms with van der Waals surface area (Å²) in [6.07, 6.45) is 3.12. The van der Waals surface area contributed by atoms with Gasteiger partial charge in [0.1, 0.15) is 5.82 Å². The van der Waals surface area contributed by atoms with E-state index >= 15 is 0 Å². The number of nitrogens with one attached hydrogen (secondary N) is 1. The van der Waals surface area contributed by atoms with E-state index in [0.29, 0.717) is 0 Å². The van der Waals surface area contributed by atoms with Crippen molar-refractivity contribution in [2.24, 2.45) is 0 Å². The van der Waals surface area contributed by atoms with Crippen LogP contribution in [-0.4, -0.2) is 51.2 Å². The van der Waals surface area contributed by atoms with Gasteiger partial charge < -0.3 is 15.1 Å². The van der Waals surface area contributed by atoms with Gasteiger partial charge in [0.25, 0.3) is 0 Å².